The Morgan fingerprint density at radius 3 is 2.75 bits per heavy atom. The number of hydrogen-bond acceptors (Lipinski definition) is 7. The van der Waals surface area contributed by atoms with Crippen molar-refractivity contribution < 1.29 is 20.1 Å². The molecule has 4 atom stereocenters. The number of nitrogens with zero attached hydrogens (tertiary/aromatic N) is 2. The molecule has 0 spiro atoms. The molecule has 3 rings (SSSR count). The zero-order valence-electron chi connectivity index (χ0n) is 9.95. The largest absolute Gasteiger partial charge is 0.394 e. The average Bonchev–Trinajstić information content (AvgIpc) is 2.93. The van der Waals surface area contributed by atoms with Crippen LogP contribution >= 0.6 is 15.9 Å². The summed E-state index contributed by atoms with van der Waals surface area (Å²) in [7, 11) is 0. The third-order valence-corrected chi connectivity index (χ3v) is 3.79. The SMILES string of the molecule is O=c1[nH]c([C@H]2O[C@@H](CO)[C@H](O)[C@@H]2O)nc2[nH]nc(Br)c12. The Bertz CT molecular complexity index is 701. The van der Waals surface area contributed by atoms with E-state index in [4.69, 9.17) is 9.84 Å². The van der Waals surface area contributed by atoms with Crippen molar-refractivity contribution in [1.82, 2.24) is 20.2 Å². The van der Waals surface area contributed by atoms with Gasteiger partial charge in [0.2, 0.25) is 0 Å². The molecule has 3 heterocycles. The first-order valence-corrected chi connectivity index (χ1v) is 6.58. The van der Waals surface area contributed by atoms with Gasteiger partial charge in [-0.15, -0.1) is 0 Å². The first-order valence-electron chi connectivity index (χ1n) is 5.79. The summed E-state index contributed by atoms with van der Waals surface area (Å²) in [5, 5.41) is 35.3. The summed E-state index contributed by atoms with van der Waals surface area (Å²) < 4.78 is 5.63. The van der Waals surface area contributed by atoms with E-state index in [-0.39, 0.29) is 16.9 Å². The van der Waals surface area contributed by atoms with Crippen molar-refractivity contribution in [2.24, 2.45) is 0 Å². The normalized spacial score (nSPS) is 30.2. The molecule has 20 heavy (non-hydrogen) atoms. The lowest BCUT2D eigenvalue weighted by molar-refractivity contribution is -0.0252. The summed E-state index contributed by atoms with van der Waals surface area (Å²) >= 11 is 3.11. The number of nitrogens with one attached hydrogen (secondary N) is 2. The van der Waals surface area contributed by atoms with Crippen LogP contribution in [0.5, 0.6) is 0 Å². The minimum Gasteiger partial charge on any atom is -0.394 e. The minimum absolute atomic E-state index is 0.0566. The number of hydrogen-bond donors (Lipinski definition) is 5. The summed E-state index contributed by atoms with van der Waals surface area (Å²) in [4.78, 5) is 18.5. The lowest BCUT2D eigenvalue weighted by atomic mass is 10.1. The lowest BCUT2D eigenvalue weighted by Gasteiger charge is -2.13. The molecular weight excluding hydrogens is 336 g/mol. The Morgan fingerprint density at radius 1 is 1.35 bits per heavy atom. The molecule has 1 fully saturated rings. The first-order chi connectivity index (χ1) is 9.52. The summed E-state index contributed by atoms with van der Waals surface area (Å²) in [5.74, 6) is 0.0566. The van der Waals surface area contributed by atoms with Gasteiger partial charge in [-0.1, -0.05) is 0 Å². The van der Waals surface area contributed by atoms with E-state index in [0.29, 0.717) is 4.60 Å². The summed E-state index contributed by atoms with van der Waals surface area (Å²) in [6.45, 7) is -0.448. The number of ether oxygens (including phenoxy) is 1. The third kappa shape index (κ3) is 1.96. The molecule has 5 N–H and O–H groups in total. The highest BCUT2D eigenvalue weighted by Crippen LogP contribution is 2.31. The van der Waals surface area contributed by atoms with Crippen molar-refractivity contribution in [3.8, 4) is 0 Å². The van der Waals surface area contributed by atoms with Gasteiger partial charge in [0.25, 0.3) is 5.56 Å². The van der Waals surface area contributed by atoms with Gasteiger partial charge in [0.05, 0.1) is 6.61 Å². The number of H-pyrrole nitrogens is 2. The van der Waals surface area contributed by atoms with Crippen LogP contribution in [0.2, 0.25) is 0 Å². The van der Waals surface area contributed by atoms with Crippen molar-refractivity contribution >= 4 is 27.0 Å². The Balaban J connectivity index is 2.05. The molecule has 0 saturated carbocycles. The van der Waals surface area contributed by atoms with Gasteiger partial charge in [-0.25, -0.2) is 4.98 Å². The Kier molecular flexibility index (Phi) is 3.34. The molecule has 1 aliphatic rings. The molecule has 0 amide bonds. The van der Waals surface area contributed by atoms with E-state index in [9.17, 15) is 15.0 Å². The summed E-state index contributed by atoms with van der Waals surface area (Å²) in [6.07, 6.45) is -4.50. The second kappa shape index (κ2) is 4.90. The molecule has 9 nitrogen and oxygen atoms in total. The number of aliphatic hydroxyl groups is 3. The Hall–Kier alpha value is -1.33. The standard InChI is InChI=1S/C10H11BrN4O5/c11-7-3-8(15-14-7)12-9(13-10(3)19)6-5(18)4(17)2(1-16)20-6/h2,4-6,16-18H,1H2,(H2,12,13,14,15,19)/t2-,4-,5-,6-/m0/s1. The van der Waals surface area contributed by atoms with E-state index in [1.165, 1.54) is 0 Å². The Labute approximate surface area is 119 Å². The summed E-state index contributed by atoms with van der Waals surface area (Å²) in [6, 6.07) is 0. The fourth-order valence-corrected chi connectivity index (χ4v) is 2.64. The van der Waals surface area contributed by atoms with Crippen molar-refractivity contribution in [2.45, 2.75) is 24.4 Å². The number of aromatic amines is 2. The van der Waals surface area contributed by atoms with E-state index in [0.717, 1.165) is 0 Å². The molecule has 0 unspecified atom stereocenters. The van der Waals surface area contributed by atoms with Gasteiger partial charge in [0, 0.05) is 0 Å². The molecular formula is C10H11BrN4O5. The number of halogens is 1. The van der Waals surface area contributed by atoms with Crippen LogP contribution in [0.15, 0.2) is 9.40 Å². The van der Waals surface area contributed by atoms with Crippen molar-refractivity contribution in [2.75, 3.05) is 6.61 Å². The van der Waals surface area contributed by atoms with Gasteiger partial charge >= 0.3 is 0 Å². The van der Waals surface area contributed by atoms with E-state index in [1.54, 1.807) is 0 Å². The van der Waals surface area contributed by atoms with Crippen molar-refractivity contribution in [1.29, 1.82) is 0 Å². The van der Waals surface area contributed by atoms with Crippen LogP contribution < -0.4 is 5.56 Å². The van der Waals surface area contributed by atoms with Crippen LogP contribution in [0.25, 0.3) is 11.0 Å². The zero-order valence-corrected chi connectivity index (χ0v) is 11.5. The van der Waals surface area contributed by atoms with E-state index < -0.39 is 36.6 Å². The smallest absolute Gasteiger partial charge is 0.263 e. The molecule has 0 radical (unpaired) electrons. The average molecular weight is 347 g/mol. The lowest BCUT2D eigenvalue weighted by Crippen LogP contribution is -2.32. The molecule has 10 heteroatoms. The molecule has 0 aliphatic carbocycles. The van der Waals surface area contributed by atoms with Gasteiger partial charge < -0.3 is 25.0 Å². The first kappa shape index (κ1) is 13.6. The zero-order chi connectivity index (χ0) is 14.4. The predicted molar refractivity (Wildman–Crippen MR) is 68.9 cm³/mol. The monoisotopic (exact) mass is 346 g/mol. The molecule has 0 bridgehead atoms. The molecule has 2 aromatic rings. The van der Waals surface area contributed by atoms with Crippen molar-refractivity contribution in [3.63, 3.8) is 0 Å². The van der Waals surface area contributed by atoms with Gasteiger partial charge in [-0.05, 0) is 15.9 Å². The van der Waals surface area contributed by atoms with Crippen LogP contribution in [-0.4, -0.2) is 60.4 Å². The fourth-order valence-electron chi connectivity index (χ4n) is 2.18. The third-order valence-electron chi connectivity index (χ3n) is 3.22. The van der Waals surface area contributed by atoms with Crippen LogP contribution in [0.1, 0.15) is 11.9 Å². The summed E-state index contributed by atoms with van der Waals surface area (Å²) in [5.41, 5.74) is -0.225. The van der Waals surface area contributed by atoms with Gasteiger partial charge in [-0.3, -0.25) is 9.89 Å². The molecule has 108 valence electrons. The number of fused-ring (bicyclic) bond motifs is 1. The van der Waals surface area contributed by atoms with Gasteiger partial charge in [0.15, 0.2) is 5.65 Å². The number of aromatic nitrogens is 4. The van der Waals surface area contributed by atoms with Gasteiger partial charge in [-0.2, -0.15) is 5.10 Å². The number of aliphatic hydroxyl groups excluding tert-OH is 3. The highest BCUT2D eigenvalue weighted by Gasteiger charge is 2.44. The fraction of sp³-hybridized carbons (Fsp3) is 0.500. The van der Waals surface area contributed by atoms with Crippen LogP contribution in [-0.2, 0) is 4.74 Å². The second-order valence-electron chi connectivity index (χ2n) is 4.45. The predicted octanol–water partition coefficient (Wildman–Crippen LogP) is -1.44. The van der Waals surface area contributed by atoms with Crippen molar-refractivity contribution in [3.05, 3.63) is 20.8 Å². The Morgan fingerprint density at radius 2 is 2.10 bits per heavy atom. The molecule has 1 aliphatic heterocycles. The maximum atomic E-state index is 11.9. The highest BCUT2D eigenvalue weighted by molar-refractivity contribution is 9.10. The molecule has 2 aromatic heterocycles. The topological polar surface area (TPSA) is 144 Å². The molecule has 0 aromatic carbocycles. The van der Waals surface area contributed by atoms with Crippen LogP contribution in [0.3, 0.4) is 0 Å². The maximum absolute atomic E-state index is 11.9. The number of rotatable bonds is 2. The van der Waals surface area contributed by atoms with Crippen LogP contribution in [0, 0.1) is 0 Å². The van der Waals surface area contributed by atoms with E-state index in [2.05, 4.69) is 36.1 Å². The minimum atomic E-state index is -1.29. The van der Waals surface area contributed by atoms with Gasteiger partial charge in [0.1, 0.15) is 40.2 Å². The van der Waals surface area contributed by atoms with E-state index >= 15 is 0 Å². The highest BCUT2D eigenvalue weighted by atomic mass is 79.9. The van der Waals surface area contributed by atoms with E-state index in [1.807, 2.05) is 0 Å². The molecule has 1 saturated heterocycles. The maximum Gasteiger partial charge on any atom is 0.263 e. The quantitative estimate of drug-likeness (QED) is 0.448. The van der Waals surface area contributed by atoms with Crippen LogP contribution in [0.4, 0.5) is 0 Å². The second-order valence-corrected chi connectivity index (χ2v) is 5.20.